The Kier molecular flexibility index (Phi) is 7.59. The van der Waals surface area contributed by atoms with E-state index in [4.69, 9.17) is 26.1 Å². The Labute approximate surface area is 205 Å². The van der Waals surface area contributed by atoms with E-state index < -0.39 is 11.4 Å². The number of hydrogen-bond acceptors (Lipinski definition) is 6. The smallest absolute Gasteiger partial charge is 0.344 e. The lowest BCUT2D eigenvalue weighted by Crippen LogP contribution is -2.29. The quantitative estimate of drug-likeness (QED) is 0.316. The molecule has 0 spiro atoms. The SMILES string of the molecule is CC(C)OC(=O)COc1ccc(C=Nn2c(C(C)(C)C)nc3ccc(Br)cc3c2=O)cc1Cl. The largest absolute Gasteiger partial charge is 0.480 e. The summed E-state index contributed by atoms with van der Waals surface area (Å²) in [6, 6.07) is 10.4. The van der Waals surface area contributed by atoms with Crippen molar-refractivity contribution >= 4 is 50.6 Å². The van der Waals surface area contributed by atoms with Crippen molar-refractivity contribution in [2.45, 2.75) is 46.1 Å². The Morgan fingerprint density at radius 3 is 2.61 bits per heavy atom. The molecule has 0 aliphatic heterocycles. The lowest BCUT2D eigenvalue weighted by molar-refractivity contribution is -0.149. The van der Waals surface area contributed by atoms with Gasteiger partial charge in [-0.05, 0) is 55.8 Å². The van der Waals surface area contributed by atoms with Gasteiger partial charge in [-0.1, -0.05) is 48.3 Å². The van der Waals surface area contributed by atoms with E-state index in [1.165, 1.54) is 10.9 Å². The number of halogens is 2. The number of rotatable bonds is 6. The Bertz CT molecular complexity index is 1280. The zero-order valence-corrected chi connectivity index (χ0v) is 21.4. The van der Waals surface area contributed by atoms with E-state index in [9.17, 15) is 9.59 Å². The minimum Gasteiger partial charge on any atom is -0.480 e. The fraction of sp³-hybridized carbons (Fsp3) is 0.333. The van der Waals surface area contributed by atoms with E-state index in [-0.39, 0.29) is 18.3 Å². The summed E-state index contributed by atoms with van der Waals surface area (Å²) >= 11 is 9.71. The summed E-state index contributed by atoms with van der Waals surface area (Å²) in [5.41, 5.74) is 0.577. The second-order valence-corrected chi connectivity index (χ2v) is 10.0. The van der Waals surface area contributed by atoms with Gasteiger partial charge in [-0.25, -0.2) is 9.78 Å². The number of aromatic nitrogens is 2. The molecule has 0 aliphatic rings. The fourth-order valence-electron chi connectivity index (χ4n) is 3.01. The molecule has 1 heterocycles. The Hall–Kier alpha value is -2.71. The number of nitrogens with zero attached hydrogens (tertiary/aromatic N) is 3. The molecule has 0 radical (unpaired) electrons. The van der Waals surface area contributed by atoms with Crippen LogP contribution in [-0.2, 0) is 14.9 Å². The third-order valence-electron chi connectivity index (χ3n) is 4.47. The predicted octanol–water partition coefficient (Wildman–Crippen LogP) is 5.32. The van der Waals surface area contributed by atoms with Crippen molar-refractivity contribution in [3.63, 3.8) is 0 Å². The van der Waals surface area contributed by atoms with Gasteiger partial charge in [-0.15, -0.1) is 0 Å². The van der Waals surface area contributed by atoms with Gasteiger partial charge in [0.25, 0.3) is 5.56 Å². The highest BCUT2D eigenvalue weighted by atomic mass is 79.9. The molecule has 9 heteroatoms. The van der Waals surface area contributed by atoms with Crippen molar-refractivity contribution in [2.24, 2.45) is 5.10 Å². The van der Waals surface area contributed by atoms with E-state index in [1.54, 1.807) is 44.2 Å². The molecule has 1 aromatic heterocycles. The molecule has 7 nitrogen and oxygen atoms in total. The van der Waals surface area contributed by atoms with E-state index in [1.807, 2.05) is 26.8 Å². The zero-order valence-electron chi connectivity index (χ0n) is 19.1. The van der Waals surface area contributed by atoms with Crippen LogP contribution in [0.1, 0.15) is 46.0 Å². The third-order valence-corrected chi connectivity index (χ3v) is 5.26. The molecule has 3 aromatic rings. The molecule has 174 valence electrons. The number of ether oxygens (including phenoxy) is 2. The Morgan fingerprint density at radius 2 is 1.97 bits per heavy atom. The van der Waals surface area contributed by atoms with Crippen molar-refractivity contribution in [3.05, 3.63) is 67.6 Å². The Balaban J connectivity index is 1.92. The van der Waals surface area contributed by atoms with Crippen molar-refractivity contribution in [1.29, 1.82) is 0 Å². The molecule has 2 aromatic carbocycles. The van der Waals surface area contributed by atoms with Gasteiger partial charge in [0.15, 0.2) is 6.61 Å². The van der Waals surface area contributed by atoms with Crippen LogP contribution in [-0.4, -0.2) is 34.6 Å². The molecule has 0 aliphatic carbocycles. The number of fused-ring (bicyclic) bond motifs is 1. The normalized spacial score (nSPS) is 12.0. The van der Waals surface area contributed by atoms with Crippen LogP contribution in [0.25, 0.3) is 10.9 Å². The van der Waals surface area contributed by atoms with Crippen LogP contribution >= 0.6 is 27.5 Å². The van der Waals surface area contributed by atoms with Crippen LogP contribution in [0.15, 0.2) is 50.8 Å². The molecule has 0 fully saturated rings. The maximum absolute atomic E-state index is 13.2. The predicted molar refractivity (Wildman–Crippen MR) is 134 cm³/mol. The van der Waals surface area contributed by atoms with Crippen LogP contribution in [0.3, 0.4) is 0 Å². The minimum atomic E-state index is -0.476. The van der Waals surface area contributed by atoms with E-state index in [0.717, 1.165) is 4.47 Å². The molecule has 0 unspecified atom stereocenters. The first-order chi connectivity index (χ1) is 15.5. The topological polar surface area (TPSA) is 82.8 Å². The van der Waals surface area contributed by atoms with Crippen molar-refractivity contribution < 1.29 is 14.3 Å². The second-order valence-electron chi connectivity index (χ2n) is 8.73. The molecule has 0 bridgehead atoms. The van der Waals surface area contributed by atoms with Gasteiger partial charge in [0.1, 0.15) is 11.6 Å². The van der Waals surface area contributed by atoms with Gasteiger partial charge < -0.3 is 9.47 Å². The van der Waals surface area contributed by atoms with Crippen LogP contribution in [0.5, 0.6) is 5.75 Å². The van der Waals surface area contributed by atoms with Crippen LogP contribution < -0.4 is 10.3 Å². The highest BCUT2D eigenvalue weighted by Crippen LogP contribution is 2.26. The summed E-state index contributed by atoms with van der Waals surface area (Å²) in [6.07, 6.45) is 1.31. The summed E-state index contributed by atoms with van der Waals surface area (Å²) in [7, 11) is 0. The molecule has 3 rings (SSSR count). The first-order valence-corrected chi connectivity index (χ1v) is 11.5. The van der Waals surface area contributed by atoms with Crippen molar-refractivity contribution in [2.75, 3.05) is 6.61 Å². The number of carbonyl (C=O) groups is 1. The van der Waals surface area contributed by atoms with Gasteiger partial charge in [0, 0.05) is 9.89 Å². The van der Waals surface area contributed by atoms with Gasteiger partial charge in [-0.3, -0.25) is 4.79 Å². The molecule has 0 saturated heterocycles. The lowest BCUT2D eigenvalue weighted by Gasteiger charge is -2.20. The standard InChI is InChI=1S/C24H25BrClN3O4/c1-14(2)33-21(30)13-32-20-9-6-15(10-18(20)26)12-27-29-22(31)17-11-16(25)7-8-19(17)28-23(29)24(3,4)5/h6-12,14H,13H2,1-5H3. The zero-order chi connectivity index (χ0) is 24.3. The van der Waals surface area contributed by atoms with Crippen LogP contribution in [0, 0.1) is 0 Å². The molecular formula is C24H25BrClN3O4. The molecule has 0 N–H and O–H groups in total. The maximum atomic E-state index is 13.2. The fourth-order valence-corrected chi connectivity index (χ4v) is 3.62. The molecule has 0 atom stereocenters. The Morgan fingerprint density at radius 1 is 1.24 bits per heavy atom. The monoisotopic (exact) mass is 533 g/mol. The van der Waals surface area contributed by atoms with E-state index >= 15 is 0 Å². The lowest BCUT2D eigenvalue weighted by atomic mass is 9.95. The third kappa shape index (κ3) is 6.21. The molecule has 0 saturated carbocycles. The maximum Gasteiger partial charge on any atom is 0.344 e. The second kappa shape index (κ2) is 10.1. The average Bonchev–Trinajstić information content (AvgIpc) is 2.71. The average molecular weight is 535 g/mol. The van der Waals surface area contributed by atoms with Gasteiger partial charge in [0.05, 0.1) is 28.2 Å². The van der Waals surface area contributed by atoms with Crippen molar-refractivity contribution in [3.8, 4) is 5.75 Å². The summed E-state index contributed by atoms with van der Waals surface area (Å²) in [4.78, 5) is 29.6. The van der Waals surface area contributed by atoms with E-state index in [0.29, 0.717) is 33.1 Å². The summed E-state index contributed by atoms with van der Waals surface area (Å²) < 4.78 is 12.6. The van der Waals surface area contributed by atoms with Gasteiger partial charge in [0.2, 0.25) is 0 Å². The first kappa shape index (κ1) is 24.9. The highest BCUT2D eigenvalue weighted by Gasteiger charge is 2.23. The number of hydrogen-bond donors (Lipinski definition) is 0. The summed E-state index contributed by atoms with van der Waals surface area (Å²) in [5, 5.41) is 5.20. The molecular weight excluding hydrogens is 510 g/mol. The summed E-state index contributed by atoms with van der Waals surface area (Å²) in [6.45, 7) is 9.20. The number of benzene rings is 2. The minimum absolute atomic E-state index is 0.220. The van der Waals surface area contributed by atoms with E-state index in [2.05, 4.69) is 21.0 Å². The molecule has 33 heavy (non-hydrogen) atoms. The molecule has 0 amide bonds. The van der Waals surface area contributed by atoms with Gasteiger partial charge in [-0.2, -0.15) is 9.78 Å². The highest BCUT2D eigenvalue weighted by molar-refractivity contribution is 9.10. The summed E-state index contributed by atoms with van der Waals surface area (Å²) in [5.74, 6) is 0.406. The van der Waals surface area contributed by atoms with Crippen LogP contribution in [0.4, 0.5) is 0 Å². The van der Waals surface area contributed by atoms with Gasteiger partial charge >= 0.3 is 5.97 Å². The van der Waals surface area contributed by atoms with Crippen molar-refractivity contribution in [1.82, 2.24) is 9.66 Å². The first-order valence-electron chi connectivity index (χ1n) is 10.3. The number of esters is 1. The number of carbonyl (C=O) groups excluding carboxylic acids is 1. The van der Waals surface area contributed by atoms with Crippen LogP contribution in [0.2, 0.25) is 5.02 Å².